The summed E-state index contributed by atoms with van der Waals surface area (Å²) in [7, 11) is -1.63. The van der Waals surface area contributed by atoms with Crippen LogP contribution in [0, 0.1) is 0 Å². The zero-order chi connectivity index (χ0) is 40.0. The second kappa shape index (κ2) is 14.7. The maximum Gasteiger partial charge on any atom is 0.164 e. The molecule has 0 bridgehead atoms. The second-order valence-electron chi connectivity index (χ2n) is 16.5. The molecule has 1 aromatic heterocycles. The Bertz CT molecular complexity index is 2920. The molecule has 0 N–H and O–H groups in total. The number of benzene rings is 8. The number of fused-ring (bicyclic) bond motifs is 3. The molecule has 10 rings (SSSR count). The van der Waals surface area contributed by atoms with Crippen LogP contribution in [0.1, 0.15) is 22.3 Å². The predicted octanol–water partition coefficient (Wildman–Crippen LogP) is 13.1. The molecule has 4 heteroatoms. The average molecular weight is 774 g/mol. The van der Waals surface area contributed by atoms with E-state index >= 15 is 0 Å². The van der Waals surface area contributed by atoms with Gasteiger partial charge in [-0.15, -0.1) is 0 Å². The van der Waals surface area contributed by atoms with E-state index in [-0.39, 0.29) is 0 Å². The molecule has 0 atom stereocenters. The minimum atomic E-state index is -1.63. The lowest BCUT2D eigenvalue weighted by atomic mass is 9.67. The number of nitrogens with zero attached hydrogens (tertiary/aromatic N) is 3. The van der Waals surface area contributed by atoms with Crippen molar-refractivity contribution in [1.29, 1.82) is 0 Å². The van der Waals surface area contributed by atoms with Crippen molar-refractivity contribution >= 4 is 13.3 Å². The molecule has 0 saturated heterocycles. The van der Waals surface area contributed by atoms with Gasteiger partial charge < -0.3 is 0 Å². The predicted molar refractivity (Wildman–Crippen MR) is 247 cm³/mol. The summed E-state index contributed by atoms with van der Waals surface area (Å²) in [5, 5.41) is 1.46. The Hall–Kier alpha value is -7.01. The Labute approximate surface area is 347 Å². The Morgan fingerprint density at radius 3 is 1.24 bits per heavy atom. The first-order valence-electron chi connectivity index (χ1n) is 20.4. The molecular weight excluding hydrogens is 731 g/mol. The van der Waals surface area contributed by atoms with E-state index in [2.05, 4.69) is 202 Å². The van der Waals surface area contributed by atoms with Gasteiger partial charge in [0.1, 0.15) is 0 Å². The fourth-order valence-corrected chi connectivity index (χ4v) is 9.95. The van der Waals surface area contributed by atoms with Crippen molar-refractivity contribution in [3.63, 3.8) is 0 Å². The van der Waals surface area contributed by atoms with Crippen LogP contribution in [0.4, 0.5) is 0 Å². The van der Waals surface area contributed by atoms with Gasteiger partial charge in [-0.1, -0.05) is 213 Å². The van der Waals surface area contributed by atoms with E-state index in [4.69, 9.17) is 15.0 Å². The Balaban J connectivity index is 1.14. The van der Waals surface area contributed by atoms with Crippen molar-refractivity contribution in [2.45, 2.75) is 25.1 Å². The summed E-state index contributed by atoms with van der Waals surface area (Å²) < 4.78 is 0. The van der Waals surface area contributed by atoms with Gasteiger partial charge in [0, 0.05) is 16.7 Å². The van der Waals surface area contributed by atoms with Crippen molar-refractivity contribution in [2.75, 3.05) is 0 Å². The first-order valence-corrected chi connectivity index (χ1v) is 23.9. The van der Waals surface area contributed by atoms with Crippen LogP contribution in [-0.4, -0.2) is 23.0 Å². The van der Waals surface area contributed by atoms with Crippen molar-refractivity contribution in [3.8, 4) is 67.5 Å². The van der Waals surface area contributed by atoms with Crippen molar-refractivity contribution in [2.24, 2.45) is 0 Å². The van der Waals surface area contributed by atoms with Crippen LogP contribution < -0.4 is 5.19 Å². The van der Waals surface area contributed by atoms with Crippen LogP contribution in [0.3, 0.4) is 0 Å². The molecular formula is C55H43N3Si. The summed E-state index contributed by atoms with van der Waals surface area (Å²) in [6.07, 6.45) is 0. The van der Waals surface area contributed by atoms with Gasteiger partial charge in [0.15, 0.2) is 17.5 Å². The first kappa shape index (κ1) is 36.3. The van der Waals surface area contributed by atoms with E-state index < -0.39 is 13.5 Å². The highest BCUT2D eigenvalue weighted by Gasteiger charge is 2.46. The van der Waals surface area contributed by atoms with E-state index in [1.54, 1.807) is 0 Å². The molecule has 9 aromatic rings. The molecule has 0 spiro atoms. The fourth-order valence-electron chi connectivity index (χ4n) is 8.79. The number of aromatic nitrogens is 3. The summed E-state index contributed by atoms with van der Waals surface area (Å²) in [6, 6.07) is 74.3. The highest BCUT2D eigenvalue weighted by atomic mass is 28.3. The van der Waals surface area contributed by atoms with Gasteiger partial charge in [0.25, 0.3) is 0 Å². The normalized spacial score (nSPS) is 12.8. The third kappa shape index (κ3) is 6.52. The summed E-state index contributed by atoms with van der Waals surface area (Å²) >= 11 is 0. The Morgan fingerprint density at radius 2 is 0.712 bits per heavy atom. The average Bonchev–Trinajstić information content (AvgIpc) is 3.59. The van der Waals surface area contributed by atoms with Crippen LogP contribution in [0.5, 0.6) is 0 Å². The Kier molecular flexibility index (Phi) is 9.07. The van der Waals surface area contributed by atoms with Crippen molar-refractivity contribution in [1.82, 2.24) is 15.0 Å². The van der Waals surface area contributed by atoms with Crippen molar-refractivity contribution in [3.05, 3.63) is 229 Å². The molecule has 0 aliphatic heterocycles. The molecule has 3 nitrogen and oxygen atoms in total. The summed E-state index contributed by atoms with van der Waals surface area (Å²) in [5.74, 6) is 1.92. The Morgan fingerprint density at radius 1 is 0.322 bits per heavy atom. The van der Waals surface area contributed by atoms with E-state index in [1.807, 2.05) is 24.3 Å². The van der Waals surface area contributed by atoms with Crippen LogP contribution in [0.2, 0.25) is 19.6 Å². The third-order valence-corrected chi connectivity index (χ3v) is 13.8. The van der Waals surface area contributed by atoms with Gasteiger partial charge >= 0.3 is 0 Å². The van der Waals surface area contributed by atoms with Crippen LogP contribution in [-0.2, 0) is 5.41 Å². The molecule has 0 saturated carbocycles. The van der Waals surface area contributed by atoms with Gasteiger partial charge in [0.05, 0.1) is 13.5 Å². The fraction of sp³-hybridized carbons (Fsp3) is 0.0727. The smallest absolute Gasteiger partial charge is 0.164 e. The molecule has 1 heterocycles. The van der Waals surface area contributed by atoms with E-state index in [0.717, 1.165) is 38.9 Å². The second-order valence-corrected chi connectivity index (χ2v) is 21.5. The topological polar surface area (TPSA) is 38.7 Å². The van der Waals surface area contributed by atoms with Gasteiger partial charge in [-0.2, -0.15) is 0 Å². The molecule has 0 fully saturated rings. The minimum absolute atomic E-state index is 0.488. The van der Waals surface area contributed by atoms with Crippen LogP contribution >= 0.6 is 0 Å². The SMILES string of the molecule is C[Si](C)(C)c1ccc2c(c1)C(c1ccccc1)(c1ccccc1)c1cc(-c3cccc(-c4nc(-c5ccccc5)nc(-c5cccc(-c6ccccc6)c5)n4)c3)ccc1-2. The molecule has 282 valence electrons. The molecule has 0 unspecified atom stereocenters. The van der Waals surface area contributed by atoms with Crippen LogP contribution in [0.15, 0.2) is 206 Å². The van der Waals surface area contributed by atoms with E-state index in [1.165, 1.54) is 38.6 Å². The number of hydrogen-bond donors (Lipinski definition) is 0. The summed E-state index contributed by atoms with van der Waals surface area (Å²) in [5.41, 5.74) is 14.6. The quantitative estimate of drug-likeness (QED) is 0.144. The molecule has 59 heavy (non-hydrogen) atoms. The van der Waals surface area contributed by atoms with Gasteiger partial charge in [0.2, 0.25) is 0 Å². The largest absolute Gasteiger partial charge is 0.208 e. The lowest BCUT2D eigenvalue weighted by Gasteiger charge is -2.35. The number of rotatable bonds is 8. The maximum absolute atomic E-state index is 5.17. The zero-order valence-corrected chi connectivity index (χ0v) is 34.5. The minimum Gasteiger partial charge on any atom is -0.208 e. The van der Waals surface area contributed by atoms with Gasteiger partial charge in [-0.05, 0) is 73.8 Å². The third-order valence-electron chi connectivity index (χ3n) is 11.8. The van der Waals surface area contributed by atoms with Crippen LogP contribution in [0.25, 0.3) is 67.5 Å². The lowest BCUT2D eigenvalue weighted by Crippen LogP contribution is -2.39. The standard InChI is InChI=1S/C55H43N3Si/c1-59(2,3)47-31-33-49-48-32-30-42(36-50(48)55(51(49)37-47,45-26-12-6-13-27-45)46-28-14-7-15-29-46)41-23-17-25-44(35-41)54-57-52(39-20-10-5-11-21-39)56-53(58-54)43-24-16-22-40(34-43)38-18-8-4-9-19-38/h4-37H,1-3H3. The highest BCUT2D eigenvalue weighted by Crippen LogP contribution is 2.56. The molecule has 1 aliphatic carbocycles. The van der Waals surface area contributed by atoms with Crippen molar-refractivity contribution < 1.29 is 0 Å². The monoisotopic (exact) mass is 773 g/mol. The first-order chi connectivity index (χ1) is 28.9. The number of hydrogen-bond acceptors (Lipinski definition) is 3. The molecule has 0 radical (unpaired) electrons. The van der Waals surface area contributed by atoms with E-state index in [9.17, 15) is 0 Å². The summed E-state index contributed by atoms with van der Waals surface area (Å²) in [6.45, 7) is 7.32. The molecule has 1 aliphatic rings. The maximum atomic E-state index is 5.17. The highest BCUT2D eigenvalue weighted by molar-refractivity contribution is 6.88. The molecule has 8 aromatic carbocycles. The van der Waals surface area contributed by atoms with E-state index in [0.29, 0.717) is 17.5 Å². The lowest BCUT2D eigenvalue weighted by molar-refractivity contribution is 0.769. The zero-order valence-electron chi connectivity index (χ0n) is 33.5. The summed E-state index contributed by atoms with van der Waals surface area (Å²) in [4.78, 5) is 15.3. The molecule has 0 amide bonds. The van der Waals surface area contributed by atoms with Gasteiger partial charge in [-0.3, -0.25) is 0 Å². The van der Waals surface area contributed by atoms with Gasteiger partial charge in [-0.25, -0.2) is 15.0 Å².